The molecule has 21 heavy (non-hydrogen) atoms. The van der Waals surface area contributed by atoms with Crippen LogP contribution in [0.2, 0.25) is 0 Å². The van der Waals surface area contributed by atoms with Crippen molar-refractivity contribution in [3.05, 3.63) is 37.2 Å². The topological polar surface area (TPSA) is 93.0 Å². The fourth-order valence-corrected chi connectivity index (χ4v) is 3.06. The predicted molar refractivity (Wildman–Crippen MR) is 86.8 cm³/mol. The maximum Gasteiger partial charge on any atom is 0.353 e. The summed E-state index contributed by atoms with van der Waals surface area (Å²) in [6, 6.07) is 1.96. The Labute approximate surface area is 134 Å². The van der Waals surface area contributed by atoms with Gasteiger partial charge >= 0.3 is 5.69 Å². The van der Waals surface area contributed by atoms with Gasteiger partial charge in [-0.2, -0.15) is 0 Å². The van der Waals surface area contributed by atoms with Crippen LogP contribution in [0.25, 0.3) is 0 Å². The molecule has 0 unspecified atom stereocenters. The van der Waals surface area contributed by atoms with Gasteiger partial charge in [-0.05, 0) is 28.4 Å². The average molecular weight is 372 g/mol. The molecule has 2 rings (SSSR count). The number of hydrogen-bond donors (Lipinski definition) is 2. The molecule has 2 N–H and O–H groups in total. The van der Waals surface area contributed by atoms with Crippen LogP contribution >= 0.6 is 27.3 Å². The summed E-state index contributed by atoms with van der Waals surface area (Å²) < 4.78 is 0.992. The SMILES string of the molecule is CCCNc1ncnc(NCc2cc(Br)cs2)c1[N+](=O)[O-]. The Balaban J connectivity index is 2.19. The largest absolute Gasteiger partial charge is 0.364 e. The molecular weight excluding hydrogens is 358 g/mol. The summed E-state index contributed by atoms with van der Waals surface area (Å²) in [6.07, 6.45) is 2.17. The van der Waals surface area contributed by atoms with Gasteiger partial charge in [0.05, 0.1) is 11.5 Å². The number of hydrogen-bond acceptors (Lipinski definition) is 7. The molecule has 2 heterocycles. The minimum Gasteiger partial charge on any atom is -0.364 e. The Morgan fingerprint density at radius 1 is 1.38 bits per heavy atom. The first-order valence-corrected chi connectivity index (χ1v) is 7.99. The molecule has 0 aliphatic carbocycles. The van der Waals surface area contributed by atoms with Crippen molar-refractivity contribution in [2.75, 3.05) is 17.2 Å². The minimum atomic E-state index is -0.468. The summed E-state index contributed by atoms with van der Waals surface area (Å²) in [5.74, 6) is 0.463. The van der Waals surface area contributed by atoms with Crippen molar-refractivity contribution in [1.29, 1.82) is 0 Å². The van der Waals surface area contributed by atoms with Crippen LogP contribution in [0.1, 0.15) is 18.2 Å². The molecule has 2 aromatic rings. The number of anilines is 2. The third-order valence-corrected chi connectivity index (χ3v) is 4.30. The molecule has 0 bridgehead atoms. The molecule has 112 valence electrons. The van der Waals surface area contributed by atoms with E-state index in [2.05, 4.69) is 36.5 Å². The highest BCUT2D eigenvalue weighted by Crippen LogP contribution is 2.29. The van der Waals surface area contributed by atoms with E-state index in [1.807, 2.05) is 18.4 Å². The third kappa shape index (κ3) is 4.11. The number of nitrogens with one attached hydrogen (secondary N) is 2. The van der Waals surface area contributed by atoms with E-state index >= 15 is 0 Å². The maximum atomic E-state index is 11.3. The highest BCUT2D eigenvalue weighted by atomic mass is 79.9. The first kappa shape index (κ1) is 15.6. The van der Waals surface area contributed by atoms with Gasteiger partial charge in [-0.1, -0.05) is 6.92 Å². The molecule has 0 aliphatic heterocycles. The highest BCUT2D eigenvalue weighted by molar-refractivity contribution is 9.10. The van der Waals surface area contributed by atoms with Crippen molar-refractivity contribution in [3.8, 4) is 0 Å². The number of aromatic nitrogens is 2. The van der Waals surface area contributed by atoms with Gasteiger partial charge in [0.15, 0.2) is 0 Å². The number of thiophene rings is 1. The number of halogens is 1. The van der Waals surface area contributed by atoms with Crippen LogP contribution < -0.4 is 10.6 Å². The van der Waals surface area contributed by atoms with E-state index in [4.69, 9.17) is 0 Å². The summed E-state index contributed by atoms with van der Waals surface area (Å²) in [6.45, 7) is 3.07. The fraction of sp³-hybridized carbons (Fsp3) is 0.333. The number of rotatable bonds is 7. The quantitative estimate of drug-likeness (QED) is 0.569. The van der Waals surface area contributed by atoms with Crippen LogP contribution in [0.5, 0.6) is 0 Å². The molecule has 0 radical (unpaired) electrons. The average Bonchev–Trinajstić information content (AvgIpc) is 2.88. The van der Waals surface area contributed by atoms with E-state index < -0.39 is 4.92 Å². The molecule has 0 spiro atoms. The van der Waals surface area contributed by atoms with Crippen molar-refractivity contribution in [1.82, 2.24) is 9.97 Å². The Hall–Kier alpha value is -1.74. The third-order valence-electron chi connectivity index (χ3n) is 2.60. The second kappa shape index (κ2) is 7.32. The fourth-order valence-electron chi connectivity index (χ4n) is 1.67. The monoisotopic (exact) mass is 371 g/mol. The Kier molecular flexibility index (Phi) is 5.45. The van der Waals surface area contributed by atoms with Crippen LogP contribution in [0.3, 0.4) is 0 Å². The summed E-state index contributed by atoms with van der Waals surface area (Å²) in [5, 5.41) is 19.2. The van der Waals surface area contributed by atoms with Crippen molar-refractivity contribution in [2.24, 2.45) is 0 Å². The van der Waals surface area contributed by atoms with Crippen LogP contribution in [-0.4, -0.2) is 21.4 Å². The minimum absolute atomic E-state index is 0.124. The molecule has 0 amide bonds. The lowest BCUT2D eigenvalue weighted by molar-refractivity contribution is -0.383. The van der Waals surface area contributed by atoms with Gasteiger partial charge in [0.1, 0.15) is 6.33 Å². The van der Waals surface area contributed by atoms with Crippen molar-refractivity contribution >= 4 is 44.6 Å². The molecule has 0 aliphatic rings. The van der Waals surface area contributed by atoms with E-state index in [1.54, 1.807) is 11.3 Å². The smallest absolute Gasteiger partial charge is 0.353 e. The molecule has 0 saturated heterocycles. The highest BCUT2D eigenvalue weighted by Gasteiger charge is 2.22. The molecular formula is C12H14BrN5O2S. The number of nitro groups is 1. The Morgan fingerprint density at radius 3 is 2.67 bits per heavy atom. The zero-order valence-corrected chi connectivity index (χ0v) is 13.7. The van der Waals surface area contributed by atoms with Crippen LogP contribution in [0, 0.1) is 10.1 Å². The van der Waals surface area contributed by atoms with E-state index in [0.29, 0.717) is 13.1 Å². The normalized spacial score (nSPS) is 10.4. The van der Waals surface area contributed by atoms with Crippen molar-refractivity contribution in [3.63, 3.8) is 0 Å². The molecule has 0 atom stereocenters. The Bertz CT molecular complexity index is 634. The lowest BCUT2D eigenvalue weighted by Gasteiger charge is -2.08. The van der Waals surface area contributed by atoms with E-state index in [1.165, 1.54) is 6.33 Å². The van der Waals surface area contributed by atoms with Gasteiger partial charge in [0.2, 0.25) is 11.6 Å². The molecule has 0 saturated carbocycles. The van der Waals surface area contributed by atoms with Gasteiger partial charge in [-0.3, -0.25) is 10.1 Å². The summed E-state index contributed by atoms with van der Waals surface area (Å²) in [4.78, 5) is 19.8. The van der Waals surface area contributed by atoms with Gasteiger partial charge in [0, 0.05) is 21.3 Å². The zero-order chi connectivity index (χ0) is 15.2. The van der Waals surface area contributed by atoms with E-state index in [9.17, 15) is 10.1 Å². The summed E-state index contributed by atoms with van der Waals surface area (Å²) in [5.41, 5.74) is -0.124. The maximum absolute atomic E-state index is 11.3. The van der Waals surface area contributed by atoms with Crippen LogP contribution in [-0.2, 0) is 6.54 Å². The summed E-state index contributed by atoms with van der Waals surface area (Å²) in [7, 11) is 0. The number of nitrogens with zero attached hydrogens (tertiary/aromatic N) is 3. The Morgan fingerprint density at radius 2 is 2.10 bits per heavy atom. The van der Waals surface area contributed by atoms with Gasteiger partial charge in [-0.15, -0.1) is 11.3 Å². The molecule has 7 nitrogen and oxygen atoms in total. The standard InChI is InChI=1S/C12H14BrN5O2S/c1-2-3-14-11-10(18(19)20)12(17-7-16-11)15-5-9-4-8(13)6-21-9/h4,6-7H,2-3,5H2,1H3,(H2,14,15,16,17). The van der Waals surface area contributed by atoms with Crippen LogP contribution in [0.4, 0.5) is 17.3 Å². The second-order valence-corrected chi connectivity index (χ2v) is 6.10. The van der Waals surface area contributed by atoms with E-state index in [0.717, 1.165) is 15.8 Å². The van der Waals surface area contributed by atoms with Gasteiger partial charge in [-0.25, -0.2) is 9.97 Å². The van der Waals surface area contributed by atoms with Gasteiger partial charge < -0.3 is 10.6 Å². The van der Waals surface area contributed by atoms with Gasteiger partial charge in [0.25, 0.3) is 0 Å². The lowest BCUT2D eigenvalue weighted by atomic mass is 10.4. The predicted octanol–water partition coefficient (Wildman–Crippen LogP) is 3.64. The van der Waals surface area contributed by atoms with E-state index in [-0.39, 0.29) is 17.3 Å². The summed E-state index contributed by atoms with van der Waals surface area (Å²) >= 11 is 4.94. The molecule has 2 aromatic heterocycles. The van der Waals surface area contributed by atoms with Crippen molar-refractivity contribution < 1.29 is 4.92 Å². The zero-order valence-electron chi connectivity index (χ0n) is 11.3. The first-order chi connectivity index (χ1) is 10.1. The lowest BCUT2D eigenvalue weighted by Crippen LogP contribution is -2.10. The van der Waals surface area contributed by atoms with Crippen LogP contribution in [0.15, 0.2) is 22.2 Å². The molecule has 9 heteroatoms. The molecule has 0 aromatic carbocycles. The van der Waals surface area contributed by atoms with Crippen molar-refractivity contribution in [2.45, 2.75) is 19.9 Å². The first-order valence-electron chi connectivity index (χ1n) is 6.31. The molecule has 0 fully saturated rings. The second-order valence-electron chi connectivity index (χ2n) is 4.19.